The number of thiazole rings is 1. The fourth-order valence-corrected chi connectivity index (χ4v) is 3.18. The summed E-state index contributed by atoms with van der Waals surface area (Å²) in [5.74, 6) is 0.185. The van der Waals surface area contributed by atoms with Crippen molar-refractivity contribution in [2.75, 3.05) is 25.9 Å². The van der Waals surface area contributed by atoms with E-state index in [1.807, 2.05) is 5.38 Å². The van der Waals surface area contributed by atoms with Crippen LogP contribution in [-0.2, 0) is 16.6 Å². The van der Waals surface area contributed by atoms with E-state index in [4.69, 9.17) is 0 Å². The van der Waals surface area contributed by atoms with Crippen molar-refractivity contribution in [1.29, 1.82) is 0 Å². The molecule has 7 heteroatoms. The first-order valence-electron chi connectivity index (χ1n) is 6.08. The van der Waals surface area contributed by atoms with Crippen molar-refractivity contribution in [3.63, 3.8) is 0 Å². The van der Waals surface area contributed by atoms with Crippen LogP contribution in [0.15, 0.2) is 10.9 Å². The van der Waals surface area contributed by atoms with Crippen molar-refractivity contribution in [1.82, 2.24) is 14.6 Å². The van der Waals surface area contributed by atoms with Gasteiger partial charge in [0.25, 0.3) is 0 Å². The van der Waals surface area contributed by atoms with Gasteiger partial charge in [-0.1, -0.05) is 6.92 Å². The van der Waals surface area contributed by atoms with Crippen LogP contribution in [0.3, 0.4) is 0 Å². The highest BCUT2D eigenvalue weighted by atomic mass is 32.2. The topological polar surface area (TPSA) is 62.3 Å². The molecule has 0 aliphatic heterocycles. The van der Waals surface area contributed by atoms with E-state index >= 15 is 0 Å². The van der Waals surface area contributed by atoms with E-state index in [0.29, 0.717) is 13.0 Å². The Morgan fingerprint density at radius 3 is 2.83 bits per heavy atom. The van der Waals surface area contributed by atoms with Crippen LogP contribution in [0.4, 0.5) is 0 Å². The number of hydrogen-bond donors (Lipinski definition) is 1. The molecule has 0 radical (unpaired) electrons. The van der Waals surface area contributed by atoms with Gasteiger partial charge in [-0.15, -0.1) is 11.3 Å². The van der Waals surface area contributed by atoms with Gasteiger partial charge in [-0.05, 0) is 25.9 Å². The number of hydrogen-bond acceptors (Lipinski definition) is 5. The first-order chi connectivity index (χ1) is 8.56. The van der Waals surface area contributed by atoms with Crippen LogP contribution in [0.1, 0.15) is 25.5 Å². The molecule has 1 aromatic rings. The molecular formula is C11H21N3O2S2. The van der Waals surface area contributed by atoms with E-state index < -0.39 is 10.0 Å². The Morgan fingerprint density at radius 2 is 2.22 bits per heavy atom. The monoisotopic (exact) mass is 291 g/mol. The maximum atomic E-state index is 12.0. The van der Waals surface area contributed by atoms with Crippen LogP contribution in [0.2, 0.25) is 0 Å². The zero-order valence-corrected chi connectivity index (χ0v) is 12.6. The fraction of sp³-hybridized carbons (Fsp3) is 0.727. The molecule has 5 nitrogen and oxygen atoms in total. The second kappa shape index (κ2) is 7.83. The normalized spacial score (nSPS) is 12.2. The molecular weight excluding hydrogens is 270 g/mol. The molecule has 18 heavy (non-hydrogen) atoms. The molecule has 1 rings (SSSR count). The lowest BCUT2D eigenvalue weighted by Gasteiger charge is -2.15. The molecule has 0 aromatic carbocycles. The van der Waals surface area contributed by atoms with Crippen molar-refractivity contribution in [2.24, 2.45) is 0 Å². The van der Waals surface area contributed by atoms with Gasteiger partial charge in [0, 0.05) is 12.4 Å². The Labute approximate surface area is 113 Å². The number of aromatic nitrogens is 1. The molecule has 0 unspecified atom stereocenters. The highest BCUT2D eigenvalue weighted by Gasteiger charge is 2.17. The first-order valence-corrected chi connectivity index (χ1v) is 8.63. The van der Waals surface area contributed by atoms with Crippen molar-refractivity contribution in [3.05, 3.63) is 16.6 Å². The van der Waals surface area contributed by atoms with Crippen LogP contribution in [0, 0.1) is 0 Å². The molecule has 0 saturated carbocycles. The summed E-state index contributed by atoms with van der Waals surface area (Å²) in [5.41, 5.74) is 2.51. The lowest BCUT2D eigenvalue weighted by molar-refractivity contribution is 0.461. The Bertz CT molecular complexity index is 418. The number of rotatable bonds is 9. The smallest absolute Gasteiger partial charge is 0.214 e. The predicted octanol–water partition coefficient (Wildman–Crippen LogP) is 1.29. The third-order valence-corrected chi connectivity index (χ3v) is 5.04. The van der Waals surface area contributed by atoms with E-state index in [2.05, 4.69) is 17.2 Å². The van der Waals surface area contributed by atoms with E-state index in [-0.39, 0.29) is 5.75 Å². The minimum absolute atomic E-state index is 0.185. The van der Waals surface area contributed by atoms with Crippen molar-refractivity contribution in [2.45, 2.75) is 26.3 Å². The zero-order valence-electron chi connectivity index (χ0n) is 10.9. The Morgan fingerprint density at radius 1 is 1.44 bits per heavy atom. The van der Waals surface area contributed by atoms with Gasteiger partial charge in [-0.2, -0.15) is 4.31 Å². The fourth-order valence-electron chi connectivity index (χ4n) is 1.48. The van der Waals surface area contributed by atoms with Gasteiger partial charge in [-0.3, -0.25) is 0 Å². The average molecular weight is 291 g/mol. The van der Waals surface area contributed by atoms with Crippen molar-refractivity contribution >= 4 is 21.4 Å². The Balaban J connectivity index is 2.33. The summed E-state index contributed by atoms with van der Waals surface area (Å²) in [5, 5.41) is 5.07. The average Bonchev–Trinajstić information content (AvgIpc) is 2.81. The van der Waals surface area contributed by atoms with E-state index in [9.17, 15) is 8.42 Å². The molecule has 1 heterocycles. The second-order valence-corrected chi connectivity index (χ2v) is 7.07. The highest BCUT2D eigenvalue weighted by molar-refractivity contribution is 7.89. The van der Waals surface area contributed by atoms with E-state index in [0.717, 1.165) is 25.2 Å². The predicted molar refractivity (Wildman–Crippen MR) is 75.1 cm³/mol. The summed E-state index contributed by atoms with van der Waals surface area (Å²) in [4.78, 5) is 4.09. The van der Waals surface area contributed by atoms with E-state index in [1.54, 1.807) is 12.6 Å². The van der Waals surface area contributed by atoms with Crippen LogP contribution in [-0.4, -0.2) is 43.6 Å². The molecule has 104 valence electrons. The molecule has 0 spiro atoms. The summed E-state index contributed by atoms with van der Waals surface area (Å²) in [6, 6.07) is 0. The largest absolute Gasteiger partial charge is 0.317 e. The quantitative estimate of drug-likeness (QED) is 0.697. The van der Waals surface area contributed by atoms with Crippen molar-refractivity contribution in [3.8, 4) is 0 Å². The first kappa shape index (κ1) is 15.6. The molecule has 0 atom stereocenters. The zero-order chi connectivity index (χ0) is 13.4. The summed E-state index contributed by atoms with van der Waals surface area (Å²) in [6.07, 6.45) is 1.71. The van der Waals surface area contributed by atoms with Gasteiger partial charge in [0.2, 0.25) is 10.0 Å². The molecule has 1 N–H and O–H groups in total. The summed E-state index contributed by atoms with van der Waals surface area (Å²) in [7, 11) is -1.56. The maximum absolute atomic E-state index is 12.0. The standard InChI is InChI=1S/C11H21N3O2S2/c1-3-5-12-6-4-7-18(15,16)14(2)8-11-9-17-10-13-11/h9-10,12H,3-8H2,1-2H3. The lowest BCUT2D eigenvalue weighted by Crippen LogP contribution is -2.30. The summed E-state index contributed by atoms with van der Waals surface area (Å²) < 4.78 is 25.3. The molecule has 0 aliphatic rings. The van der Waals surface area contributed by atoms with Gasteiger partial charge in [0.1, 0.15) is 0 Å². The molecule has 0 amide bonds. The van der Waals surface area contributed by atoms with Gasteiger partial charge in [0.05, 0.1) is 23.5 Å². The number of nitrogens with one attached hydrogen (secondary N) is 1. The van der Waals surface area contributed by atoms with Gasteiger partial charge in [0.15, 0.2) is 0 Å². The number of sulfonamides is 1. The number of nitrogens with zero attached hydrogens (tertiary/aromatic N) is 2. The van der Waals surface area contributed by atoms with Crippen LogP contribution in [0.5, 0.6) is 0 Å². The minimum Gasteiger partial charge on any atom is -0.317 e. The van der Waals surface area contributed by atoms with Gasteiger partial charge >= 0.3 is 0 Å². The van der Waals surface area contributed by atoms with Crippen molar-refractivity contribution < 1.29 is 8.42 Å². The summed E-state index contributed by atoms with van der Waals surface area (Å²) >= 11 is 1.48. The van der Waals surface area contributed by atoms with Crippen LogP contribution >= 0.6 is 11.3 Å². The lowest BCUT2D eigenvalue weighted by atomic mass is 10.4. The third kappa shape index (κ3) is 5.43. The molecule has 0 saturated heterocycles. The molecule has 0 aliphatic carbocycles. The van der Waals surface area contributed by atoms with Gasteiger partial charge in [-0.25, -0.2) is 13.4 Å². The molecule has 0 fully saturated rings. The van der Waals surface area contributed by atoms with Crippen LogP contribution in [0.25, 0.3) is 0 Å². The summed E-state index contributed by atoms with van der Waals surface area (Å²) in [6.45, 7) is 4.13. The minimum atomic E-state index is -3.17. The highest BCUT2D eigenvalue weighted by Crippen LogP contribution is 2.08. The third-order valence-electron chi connectivity index (χ3n) is 2.53. The Kier molecular flexibility index (Phi) is 6.77. The van der Waals surface area contributed by atoms with Gasteiger partial charge < -0.3 is 5.32 Å². The second-order valence-electron chi connectivity index (χ2n) is 4.16. The Hall–Kier alpha value is -0.500. The maximum Gasteiger partial charge on any atom is 0.214 e. The van der Waals surface area contributed by atoms with E-state index in [1.165, 1.54) is 15.6 Å². The molecule has 1 aromatic heterocycles. The van der Waals surface area contributed by atoms with Crippen LogP contribution < -0.4 is 5.32 Å². The molecule has 0 bridgehead atoms. The SMILES string of the molecule is CCCNCCCS(=O)(=O)N(C)Cc1cscn1.